The van der Waals surface area contributed by atoms with Crippen LogP contribution < -0.4 is 10.2 Å². The van der Waals surface area contributed by atoms with Gasteiger partial charge in [0.15, 0.2) is 6.79 Å². The Morgan fingerprint density at radius 3 is 3.00 bits per heavy atom. The molecule has 23 heavy (non-hydrogen) atoms. The van der Waals surface area contributed by atoms with Gasteiger partial charge in [-0.1, -0.05) is 30.1 Å². The first-order chi connectivity index (χ1) is 11.3. The van der Waals surface area contributed by atoms with Gasteiger partial charge in [-0.05, 0) is 25.0 Å². The highest BCUT2D eigenvalue weighted by molar-refractivity contribution is 6.04. The molecule has 3 rings (SSSR count). The molecule has 1 aromatic carbocycles. The van der Waals surface area contributed by atoms with Crippen LogP contribution in [-0.4, -0.2) is 35.8 Å². The number of hydroxylamine groups is 1. The molecule has 0 bridgehead atoms. The minimum absolute atomic E-state index is 0.229. The van der Waals surface area contributed by atoms with E-state index in [1.165, 1.54) is 12.8 Å². The van der Waals surface area contributed by atoms with Crippen molar-refractivity contribution in [2.45, 2.75) is 44.3 Å². The third kappa shape index (κ3) is 4.00. The van der Waals surface area contributed by atoms with Crippen molar-refractivity contribution in [2.24, 2.45) is 5.16 Å². The number of nitrogens with one attached hydrogen (secondary N) is 1. The molecule has 7 heteroatoms. The van der Waals surface area contributed by atoms with Crippen LogP contribution in [0.25, 0.3) is 0 Å². The number of benzene rings is 1. The Hall–Kier alpha value is -2.12. The lowest BCUT2D eigenvalue weighted by atomic mass is 10.0. The lowest BCUT2D eigenvalue weighted by Crippen LogP contribution is -2.32. The first kappa shape index (κ1) is 15.8. The fourth-order valence-electron chi connectivity index (χ4n) is 2.78. The topological polar surface area (TPSA) is 89.4 Å². The molecule has 0 aromatic heterocycles. The molecule has 1 aromatic rings. The van der Waals surface area contributed by atoms with E-state index in [1.807, 2.05) is 24.3 Å². The summed E-state index contributed by atoms with van der Waals surface area (Å²) < 4.78 is 11.3. The van der Waals surface area contributed by atoms with Gasteiger partial charge in [0.2, 0.25) is 6.10 Å². The van der Waals surface area contributed by atoms with E-state index in [0.29, 0.717) is 24.0 Å². The molecule has 1 aliphatic carbocycles. The van der Waals surface area contributed by atoms with Gasteiger partial charge in [0.1, 0.15) is 5.75 Å². The Balaban J connectivity index is 1.54. The molecule has 1 fully saturated rings. The molecule has 124 valence electrons. The molecule has 1 atom stereocenters. The Kier molecular flexibility index (Phi) is 5.09. The van der Waals surface area contributed by atoms with Gasteiger partial charge in [0, 0.05) is 12.0 Å². The van der Waals surface area contributed by atoms with Crippen LogP contribution in [0.3, 0.4) is 0 Å². The maximum Gasteiger partial charge on any atom is 0.287 e. The maximum absolute atomic E-state index is 11.3. The number of carbonyl (C=O) groups excluding carboxylic acids is 1. The summed E-state index contributed by atoms with van der Waals surface area (Å²) in [5, 5.41) is 12.5. The zero-order chi connectivity index (χ0) is 16.1. The predicted octanol–water partition coefficient (Wildman–Crippen LogP) is 1.98. The van der Waals surface area contributed by atoms with Crippen molar-refractivity contribution in [2.75, 3.05) is 6.79 Å². The van der Waals surface area contributed by atoms with Gasteiger partial charge in [0.25, 0.3) is 5.91 Å². The second-order valence-corrected chi connectivity index (χ2v) is 5.68. The molecule has 2 N–H and O–H groups in total. The molecule has 0 radical (unpaired) electrons. The molecule has 1 unspecified atom stereocenters. The van der Waals surface area contributed by atoms with Crippen molar-refractivity contribution in [1.82, 2.24) is 5.48 Å². The van der Waals surface area contributed by atoms with E-state index in [4.69, 9.17) is 19.5 Å². The molecule has 1 heterocycles. The first-order valence-electron chi connectivity index (χ1n) is 7.78. The summed E-state index contributed by atoms with van der Waals surface area (Å²) in [6, 6.07) is 7.39. The van der Waals surface area contributed by atoms with Crippen LogP contribution in [0.1, 0.15) is 37.7 Å². The molecule has 1 aliphatic heterocycles. The van der Waals surface area contributed by atoms with Crippen molar-refractivity contribution in [3.63, 3.8) is 0 Å². The number of oxime groups is 1. The normalized spacial score (nSPS) is 20.9. The largest absolute Gasteiger partial charge is 0.468 e. The van der Waals surface area contributed by atoms with Crippen LogP contribution in [-0.2, 0) is 14.4 Å². The maximum atomic E-state index is 11.3. The van der Waals surface area contributed by atoms with Gasteiger partial charge in [-0.2, -0.15) is 0 Å². The summed E-state index contributed by atoms with van der Waals surface area (Å²) in [5.41, 5.74) is 3.02. The molecule has 1 amide bonds. The van der Waals surface area contributed by atoms with Crippen molar-refractivity contribution in [1.29, 1.82) is 0 Å². The highest BCUT2D eigenvalue weighted by Crippen LogP contribution is 2.23. The van der Waals surface area contributed by atoms with E-state index in [2.05, 4.69) is 5.16 Å². The van der Waals surface area contributed by atoms with Crippen LogP contribution in [0.2, 0.25) is 0 Å². The zero-order valence-corrected chi connectivity index (χ0v) is 12.7. The molecule has 0 saturated heterocycles. The monoisotopic (exact) mass is 320 g/mol. The Morgan fingerprint density at radius 2 is 2.22 bits per heavy atom. The van der Waals surface area contributed by atoms with Gasteiger partial charge in [-0.15, -0.1) is 0 Å². The van der Waals surface area contributed by atoms with E-state index >= 15 is 0 Å². The van der Waals surface area contributed by atoms with E-state index in [0.717, 1.165) is 18.4 Å². The quantitative estimate of drug-likeness (QED) is 0.475. The highest BCUT2D eigenvalue weighted by Gasteiger charge is 2.28. The fraction of sp³-hybridized carbons (Fsp3) is 0.500. The van der Waals surface area contributed by atoms with Gasteiger partial charge in [-0.3, -0.25) is 10.0 Å². The number of ether oxygens (including phenoxy) is 2. The third-order valence-electron chi connectivity index (χ3n) is 4.07. The lowest BCUT2D eigenvalue weighted by Gasteiger charge is -2.12. The lowest BCUT2D eigenvalue weighted by molar-refractivity contribution is -0.139. The first-order valence-corrected chi connectivity index (χ1v) is 7.78. The second-order valence-electron chi connectivity index (χ2n) is 5.68. The zero-order valence-electron chi connectivity index (χ0n) is 12.7. The predicted molar refractivity (Wildman–Crippen MR) is 81.2 cm³/mol. The molecule has 2 aliphatic rings. The smallest absolute Gasteiger partial charge is 0.287 e. The number of hydrogen-bond acceptors (Lipinski definition) is 6. The number of rotatable bonds is 6. The Bertz CT molecular complexity index is 584. The molecule has 0 spiro atoms. The SMILES string of the molecule is O=C(NO)C1CC(c2cccc(OCOC3CCCC3)c2)=NO1. The summed E-state index contributed by atoms with van der Waals surface area (Å²) in [7, 11) is 0. The minimum Gasteiger partial charge on any atom is -0.468 e. The van der Waals surface area contributed by atoms with Gasteiger partial charge < -0.3 is 14.3 Å². The van der Waals surface area contributed by atoms with Crippen LogP contribution >= 0.6 is 0 Å². The number of carbonyl (C=O) groups is 1. The van der Waals surface area contributed by atoms with Crippen molar-refractivity contribution in [3.05, 3.63) is 29.8 Å². The Morgan fingerprint density at radius 1 is 1.39 bits per heavy atom. The van der Waals surface area contributed by atoms with Crippen molar-refractivity contribution in [3.8, 4) is 5.75 Å². The average molecular weight is 320 g/mol. The molecular formula is C16H20N2O5. The van der Waals surface area contributed by atoms with Gasteiger partial charge in [-0.25, -0.2) is 5.48 Å². The average Bonchev–Trinajstić information content (AvgIpc) is 3.26. The summed E-state index contributed by atoms with van der Waals surface area (Å²) in [4.78, 5) is 16.3. The van der Waals surface area contributed by atoms with Crippen LogP contribution in [0.4, 0.5) is 0 Å². The number of hydrogen-bond donors (Lipinski definition) is 2. The van der Waals surface area contributed by atoms with E-state index in [-0.39, 0.29) is 6.79 Å². The van der Waals surface area contributed by atoms with E-state index < -0.39 is 12.0 Å². The Labute approximate surface area is 134 Å². The number of amides is 1. The summed E-state index contributed by atoms with van der Waals surface area (Å²) >= 11 is 0. The van der Waals surface area contributed by atoms with E-state index in [1.54, 1.807) is 5.48 Å². The van der Waals surface area contributed by atoms with Crippen LogP contribution in [0, 0.1) is 0 Å². The highest BCUT2D eigenvalue weighted by atomic mass is 16.7. The fourth-order valence-corrected chi connectivity index (χ4v) is 2.78. The second kappa shape index (κ2) is 7.43. The standard InChI is InChI=1S/C16H20N2O5/c19-16(17-20)15-9-14(18-23-15)11-4-3-7-13(8-11)22-10-21-12-5-1-2-6-12/h3-4,7-8,12,15,20H,1-2,5-6,9-10H2,(H,17,19). The summed E-state index contributed by atoms with van der Waals surface area (Å²) in [6.45, 7) is 0.229. The summed E-state index contributed by atoms with van der Waals surface area (Å²) in [5.74, 6) is 0.0689. The molecular weight excluding hydrogens is 300 g/mol. The van der Waals surface area contributed by atoms with Crippen molar-refractivity contribution >= 4 is 11.6 Å². The van der Waals surface area contributed by atoms with Gasteiger partial charge >= 0.3 is 0 Å². The summed E-state index contributed by atoms with van der Waals surface area (Å²) in [6.07, 6.45) is 4.46. The van der Waals surface area contributed by atoms with Crippen LogP contribution in [0.15, 0.2) is 29.4 Å². The van der Waals surface area contributed by atoms with Crippen molar-refractivity contribution < 1.29 is 24.3 Å². The molecule has 1 saturated carbocycles. The number of nitrogens with zero attached hydrogens (tertiary/aromatic N) is 1. The van der Waals surface area contributed by atoms with E-state index in [9.17, 15) is 4.79 Å². The minimum atomic E-state index is -0.801. The third-order valence-corrected chi connectivity index (χ3v) is 4.07. The van der Waals surface area contributed by atoms with Gasteiger partial charge in [0.05, 0.1) is 11.8 Å². The van der Waals surface area contributed by atoms with Crippen LogP contribution in [0.5, 0.6) is 5.75 Å². The molecule has 7 nitrogen and oxygen atoms in total.